The zero-order valence-electron chi connectivity index (χ0n) is 19.0. The van der Waals surface area contributed by atoms with Crippen LogP contribution in [0.2, 0.25) is 0 Å². The lowest BCUT2D eigenvalue weighted by Gasteiger charge is -2.19. The summed E-state index contributed by atoms with van der Waals surface area (Å²) in [6, 6.07) is 8.76. The number of nitrogens with zero attached hydrogens (tertiary/aromatic N) is 1. The number of carbonyl (C=O) groups excluding carboxylic acids is 3. The first-order valence-corrected chi connectivity index (χ1v) is 10.5. The molecule has 1 atom stereocenters. The van der Waals surface area contributed by atoms with E-state index in [0.29, 0.717) is 32.4 Å². The number of rotatable bonds is 11. The Morgan fingerprint density at radius 1 is 1.06 bits per heavy atom. The molecule has 31 heavy (non-hydrogen) atoms. The molecule has 0 aliphatic carbocycles. The molecule has 0 aromatic heterocycles. The first-order chi connectivity index (χ1) is 14.6. The predicted molar refractivity (Wildman–Crippen MR) is 118 cm³/mol. The SMILES string of the molecule is CN(CCNC(=O)[C@@H](N)CCCCNC(=O)OC(C)(C)C)C(=O)OCc1ccccc1. The summed E-state index contributed by atoms with van der Waals surface area (Å²) in [5.74, 6) is -0.272. The molecule has 174 valence electrons. The molecule has 0 saturated carbocycles. The number of hydrogen-bond acceptors (Lipinski definition) is 6. The van der Waals surface area contributed by atoms with Crippen molar-refractivity contribution in [2.45, 2.75) is 58.3 Å². The third kappa shape index (κ3) is 12.5. The van der Waals surface area contributed by atoms with Gasteiger partial charge in [0, 0.05) is 26.7 Å². The third-order valence-corrected chi connectivity index (χ3v) is 4.21. The van der Waals surface area contributed by atoms with Crippen molar-refractivity contribution < 1.29 is 23.9 Å². The number of amides is 3. The topological polar surface area (TPSA) is 123 Å². The van der Waals surface area contributed by atoms with E-state index in [0.717, 1.165) is 5.56 Å². The fourth-order valence-corrected chi connectivity index (χ4v) is 2.52. The highest BCUT2D eigenvalue weighted by molar-refractivity contribution is 5.81. The van der Waals surface area contributed by atoms with Crippen LogP contribution in [0.5, 0.6) is 0 Å². The highest BCUT2D eigenvalue weighted by Crippen LogP contribution is 2.06. The smallest absolute Gasteiger partial charge is 0.409 e. The molecule has 3 amide bonds. The van der Waals surface area contributed by atoms with Crippen molar-refractivity contribution in [2.24, 2.45) is 5.73 Å². The lowest BCUT2D eigenvalue weighted by Crippen LogP contribution is -2.44. The van der Waals surface area contributed by atoms with Crippen LogP contribution in [0.1, 0.15) is 45.6 Å². The number of hydrogen-bond donors (Lipinski definition) is 3. The van der Waals surface area contributed by atoms with E-state index >= 15 is 0 Å². The number of benzene rings is 1. The minimum absolute atomic E-state index is 0.198. The Morgan fingerprint density at radius 2 is 1.74 bits per heavy atom. The van der Waals surface area contributed by atoms with Crippen LogP contribution < -0.4 is 16.4 Å². The van der Waals surface area contributed by atoms with Crippen molar-refractivity contribution in [1.29, 1.82) is 0 Å². The van der Waals surface area contributed by atoms with Gasteiger partial charge in [0.2, 0.25) is 5.91 Å². The van der Waals surface area contributed by atoms with Crippen molar-refractivity contribution in [3.8, 4) is 0 Å². The number of nitrogens with one attached hydrogen (secondary N) is 2. The van der Waals surface area contributed by atoms with E-state index in [4.69, 9.17) is 15.2 Å². The number of unbranched alkanes of at least 4 members (excludes halogenated alkanes) is 1. The first kappa shape index (κ1) is 26.2. The molecule has 0 bridgehead atoms. The first-order valence-electron chi connectivity index (χ1n) is 10.5. The Hall–Kier alpha value is -2.81. The second-order valence-electron chi connectivity index (χ2n) is 8.28. The maximum Gasteiger partial charge on any atom is 0.409 e. The minimum atomic E-state index is -0.642. The maximum atomic E-state index is 12.1. The Bertz CT molecular complexity index is 691. The molecule has 0 saturated heterocycles. The van der Waals surface area contributed by atoms with Crippen LogP contribution in [-0.4, -0.2) is 61.3 Å². The van der Waals surface area contributed by atoms with Crippen molar-refractivity contribution in [2.75, 3.05) is 26.7 Å². The molecular formula is C22H36N4O5. The van der Waals surface area contributed by atoms with Crippen LogP contribution in [0.4, 0.5) is 9.59 Å². The second kappa shape index (κ2) is 13.5. The van der Waals surface area contributed by atoms with Gasteiger partial charge in [-0.3, -0.25) is 4.79 Å². The summed E-state index contributed by atoms with van der Waals surface area (Å²) in [7, 11) is 1.61. The maximum absolute atomic E-state index is 12.1. The van der Waals surface area contributed by atoms with E-state index < -0.39 is 23.8 Å². The van der Waals surface area contributed by atoms with Crippen LogP contribution in [0.25, 0.3) is 0 Å². The number of ether oxygens (including phenoxy) is 2. The fraction of sp³-hybridized carbons (Fsp3) is 0.591. The molecule has 9 nitrogen and oxygen atoms in total. The summed E-state index contributed by atoms with van der Waals surface area (Å²) < 4.78 is 10.4. The van der Waals surface area contributed by atoms with E-state index in [-0.39, 0.29) is 19.1 Å². The van der Waals surface area contributed by atoms with Crippen molar-refractivity contribution >= 4 is 18.1 Å². The van der Waals surface area contributed by atoms with Crippen molar-refractivity contribution in [3.05, 3.63) is 35.9 Å². The minimum Gasteiger partial charge on any atom is -0.445 e. The van der Waals surface area contributed by atoms with Crippen LogP contribution in [0, 0.1) is 0 Å². The van der Waals surface area contributed by atoms with E-state index in [1.54, 1.807) is 27.8 Å². The highest BCUT2D eigenvalue weighted by Gasteiger charge is 2.16. The lowest BCUT2D eigenvalue weighted by molar-refractivity contribution is -0.122. The fourth-order valence-electron chi connectivity index (χ4n) is 2.52. The van der Waals surface area contributed by atoms with Crippen LogP contribution in [0.3, 0.4) is 0 Å². The average molecular weight is 437 g/mol. The Morgan fingerprint density at radius 3 is 2.39 bits per heavy atom. The molecule has 0 radical (unpaired) electrons. The summed E-state index contributed by atoms with van der Waals surface area (Å²) >= 11 is 0. The summed E-state index contributed by atoms with van der Waals surface area (Å²) in [4.78, 5) is 37.0. The quantitative estimate of drug-likeness (QED) is 0.458. The summed E-state index contributed by atoms with van der Waals surface area (Å²) in [6.07, 6.45) is 0.962. The monoisotopic (exact) mass is 436 g/mol. The van der Waals surface area contributed by atoms with Gasteiger partial charge in [0.25, 0.3) is 0 Å². The molecule has 0 fully saturated rings. The second-order valence-corrected chi connectivity index (χ2v) is 8.28. The van der Waals surface area contributed by atoms with Gasteiger partial charge in [-0.05, 0) is 45.6 Å². The van der Waals surface area contributed by atoms with Crippen LogP contribution >= 0.6 is 0 Å². The Labute approximate surface area is 184 Å². The third-order valence-electron chi connectivity index (χ3n) is 4.21. The molecule has 0 spiro atoms. The van der Waals surface area contributed by atoms with Crippen molar-refractivity contribution in [1.82, 2.24) is 15.5 Å². The molecule has 4 N–H and O–H groups in total. The van der Waals surface area contributed by atoms with Crippen LogP contribution in [-0.2, 0) is 20.9 Å². The van der Waals surface area contributed by atoms with E-state index in [1.165, 1.54) is 4.90 Å². The molecule has 1 aromatic rings. The number of likely N-dealkylation sites (N-methyl/N-ethyl adjacent to an activating group) is 1. The van der Waals surface area contributed by atoms with Crippen molar-refractivity contribution in [3.63, 3.8) is 0 Å². The summed E-state index contributed by atoms with van der Waals surface area (Å²) in [5.41, 5.74) is 6.28. The molecule has 1 rings (SSSR count). The van der Waals surface area contributed by atoms with Gasteiger partial charge in [-0.2, -0.15) is 0 Å². The molecule has 0 aliphatic heterocycles. The molecule has 9 heteroatoms. The molecule has 0 aliphatic rings. The normalized spacial score (nSPS) is 11.9. The van der Waals surface area contributed by atoms with E-state index in [1.807, 2.05) is 30.3 Å². The predicted octanol–water partition coefficient (Wildman–Crippen LogP) is 2.39. The van der Waals surface area contributed by atoms with Gasteiger partial charge in [-0.15, -0.1) is 0 Å². The highest BCUT2D eigenvalue weighted by atomic mass is 16.6. The average Bonchev–Trinajstić information content (AvgIpc) is 2.70. The molecule has 0 unspecified atom stereocenters. The summed E-state index contributed by atoms with van der Waals surface area (Å²) in [5, 5.41) is 5.39. The zero-order valence-corrected chi connectivity index (χ0v) is 19.0. The van der Waals surface area contributed by atoms with E-state index in [2.05, 4.69) is 10.6 Å². The van der Waals surface area contributed by atoms with Crippen LogP contribution in [0.15, 0.2) is 30.3 Å². The standard InChI is InChI=1S/C22H36N4O5/c1-22(2,3)31-20(28)25-13-9-8-12-18(23)19(27)24-14-15-26(4)21(29)30-16-17-10-6-5-7-11-17/h5-7,10-11,18H,8-9,12-16,23H2,1-4H3,(H,24,27)(H,25,28)/t18-/m0/s1. The van der Waals surface area contributed by atoms with Gasteiger partial charge in [-0.1, -0.05) is 30.3 Å². The largest absolute Gasteiger partial charge is 0.445 e. The lowest BCUT2D eigenvalue weighted by atomic mass is 10.1. The Balaban J connectivity index is 2.12. The number of alkyl carbamates (subject to hydrolysis) is 1. The number of carbonyl (C=O) groups is 3. The van der Waals surface area contributed by atoms with Gasteiger partial charge < -0.3 is 30.7 Å². The molecular weight excluding hydrogens is 400 g/mol. The Kier molecular flexibility index (Phi) is 11.4. The summed E-state index contributed by atoms with van der Waals surface area (Å²) in [6.45, 7) is 6.65. The van der Waals surface area contributed by atoms with Gasteiger partial charge in [-0.25, -0.2) is 9.59 Å². The van der Waals surface area contributed by atoms with E-state index in [9.17, 15) is 14.4 Å². The van der Waals surface area contributed by atoms with Gasteiger partial charge in [0.1, 0.15) is 12.2 Å². The van der Waals surface area contributed by atoms with Gasteiger partial charge >= 0.3 is 12.2 Å². The molecule has 0 heterocycles. The number of nitrogens with two attached hydrogens (primary N) is 1. The van der Waals surface area contributed by atoms with Gasteiger partial charge in [0.05, 0.1) is 6.04 Å². The molecule has 1 aromatic carbocycles. The zero-order chi connectivity index (χ0) is 23.3. The van der Waals surface area contributed by atoms with Gasteiger partial charge in [0.15, 0.2) is 0 Å².